The van der Waals surface area contributed by atoms with Crippen LogP contribution in [0.2, 0.25) is 0 Å². The zero-order valence-electron chi connectivity index (χ0n) is 28.9. The van der Waals surface area contributed by atoms with Gasteiger partial charge in [-0.05, 0) is 130 Å². The number of furan rings is 1. The molecule has 0 aliphatic carbocycles. The molecule has 246 valence electrons. The predicted molar refractivity (Wildman–Crippen MR) is 225 cm³/mol. The van der Waals surface area contributed by atoms with E-state index in [1.807, 2.05) is 12.1 Å². The maximum Gasteiger partial charge on any atom is 0.135 e. The first-order valence-corrected chi connectivity index (χ1v) is 18.2. The van der Waals surface area contributed by atoms with Gasteiger partial charge in [-0.2, -0.15) is 0 Å². The molecule has 0 saturated heterocycles. The molecule has 1 heterocycles. The number of fused-ring (bicyclic) bond motifs is 7. The van der Waals surface area contributed by atoms with Gasteiger partial charge in [0.1, 0.15) is 11.2 Å². The molecular formula is C52H32O. The van der Waals surface area contributed by atoms with Gasteiger partial charge in [0.25, 0.3) is 0 Å². The molecule has 0 aliphatic rings. The van der Waals surface area contributed by atoms with Crippen LogP contribution in [0.15, 0.2) is 199 Å². The standard InChI is InChI=1S/C52H32O/c1-2-13-34-28-36(25-24-33(34)12-1)35-15-11-16-39(29-35)51-43-19-5-7-21-45(43)52(46-22-8-6-20-44(46)51)40-30-37-14-3-4-17-41(37)47(32-40)38-26-27-50-48(31-38)42-18-9-10-23-49(42)53-50/h1-32H. The number of hydrogen-bond donors (Lipinski definition) is 0. The van der Waals surface area contributed by atoms with E-state index in [1.54, 1.807) is 0 Å². The molecule has 11 aromatic rings. The molecule has 1 heteroatoms. The summed E-state index contributed by atoms with van der Waals surface area (Å²) in [5.74, 6) is 0. The molecule has 0 N–H and O–H groups in total. The quantitative estimate of drug-likeness (QED) is 0.170. The SMILES string of the molecule is c1cc(-c2ccc3ccccc3c2)cc(-c2c3ccccc3c(-c3cc(-c4ccc5oc6ccccc6c5c4)c4ccccc4c3)c3ccccc23)c1. The molecular weight excluding hydrogens is 641 g/mol. The average molecular weight is 673 g/mol. The molecule has 11 rings (SSSR count). The Kier molecular flexibility index (Phi) is 6.62. The largest absolute Gasteiger partial charge is 0.456 e. The lowest BCUT2D eigenvalue weighted by atomic mass is 9.84. The summed E-state index contributed by atoms with van der Waals surface area (Å²) in [6.07, 6.45) is 0. The first-order chi connectivity index (χ1) is 26.3. The maximum atomic E-state index is 6.22. The van der Waals surface area contributed by atoms with E-state index < -0.39 is 0 Å². The Bertz CT molecular complexity index is 3180. The highest BCUT2D eigenvalue weighted by Gasteiger charge is 2.19. The lowest BCUT2D eigenvalue weighted by Crippen LogP contribution is -1.92. The van der Waals surface area contributed by atoms with E-state index in [4.69, 9.17) is 4.42 Å². The maximum absolute atomic E-state index is 6.22. The van der Waals surface area contributed by atoms with Crippen molar-refractivity contribution in [2.45, 2.75) is 0 Å². The van der Waals surface area contributed by atoms with Gasteiger partial charge in [-0.25, -0.2) is 0 Å². The van der Waals surface area contributed by atoms with Crippen molar-refractivity contribution in [3.8, 4) is 44.5 Å². The summed E-state index contributed by atoms with van der Waals surface area (Å²) in [4.78, 5) is 0. The van der Waals surface area contributed by atoms with Crippen LogP contribution < -0.4 is 0 Å². The molecule has 10 aromatic carbocycles. The summed E-state index contributed by atoms with van der Waals surface area (Å²) in [5, 5.41) is 12.2. The van der Waals surface area contributed by atoms with Crippen LogP contribution in [0.5, 0.6) is 0 Å². The summed E-state index contributed by atoms with van der Waals surface area (Å²) in [6, 6.07) is 70.8. The number of rotatable bonds is 4. The Labute approximate surface area is 307 Å². The summed E-state index contributed by atoms with van der Waals surface area (Å²) in [5.41, 5.74) is 11.6. The van der Waals surface area contributed by atoms with E-state index in [9.17, 15) is 0 Å². The van der Waals surface area contributed by atoms with Crippen molar-refractivity contribution in [1.82, 2.24) is 0 Å². The first kappa shape index (κ1) is 29.7. The Balaban J connectivity index is 1.15. The van der Waals surface area contributed by atoms with E-state index in [1.165, 1.54) is 87.6 Å². The fourth-order valence-corrected chi connectivity index (χ4v) is 8.56. The van der Waals surface area contributed by atoms with Crippen LogP contribution in [-0.2, 0) is 0 Å². The Morgan fingerprint density at radius 3 is 1.53 bits per heavy atom. The first-order valence-electron chi connectivity index (χ1n) is 18.2. The number of para-hydroxylation sites is 1. The van der Waals surface area contributed by atoms with E-state index in [-0.39, 0.29) is 0 Å². The van der Waals surface area contributed by atoms with Gasteiger partial charge in [0, 0.05) is 10.8 Å². The molecule has 0 radical (unpaired) electrons. The lowest BCUT2D eigenvalue weighted by molar-refractivity contribution is 0.669. The zero-order chi connectivity index (χ0) is 34.9. The van der Waals surface area contributed by atoms with Crippen molar-refractivity contribution < 1.29 is 4.42 Å². The van der Waals surface area contributed by atoms with E-state index in [0.717, 1.165) is 21.9 Å². The minimum atomic E-state index is 0.910. The van der Waals surface area contributed by atoms with E-state index in [2.05, 4.69) is 182 Å². The predicted octanol–water partition coefficient (Wildman–Crippen LogP) is 14.9. The van der Waals surface area contributed by atoms with E-state index in [0.29, 0.717) is 0 Å². The van der Waals surface area contributed by atoms with Crippen LogP contribution in [0.3, 0.4) is 0 Å². The molecule has 0 amide bonds. The van der Waals surface area contributed by atoms with Gasteiger partial charge in [-0.15, -0.1) is 0 Å². The van der Waals surface area contributed by atoms with Crippen LogP contribution >= 0.6 is 0 Å². The third-order valence-electron chi connectivity index (χ3n) is 11.0. The fourth-order valence-electron chi connectivity index (χ4n) is 8.56. The lowest BCUT2D eigenvalue weighted by Gasteiger charge is -2.19. The minimum absolute atomic E-state index is 0.910. The number of benzene rings is 10. The van der Waals surface area contributed by atoms with Gasteiger partial charge in [-0.3, -0.25) is 0 Å². The second kappa shape index (κ2) is 11.8. The summed E-state index contributed by atoms with van der Waals surface area (Å²) in [6.45, 7) is 0. The Morgan fingerprint density at radius 2 is 0.774 bits per heavy atom. The molecule has 0 fully saturated rings. The zero-order valence-corrected chi connectivity index (χ0v) is 28.9. The third-order valence-corrected chi connectivity index (χ3v) is 11.0. The summed E-state index contributed by atoms with van der Waals surface area (Å²) < 4.78 is 6.22. The van der Waals surface area contributed by atoms with Crippen LogP contribution in [0.4, 0.5) is 0 Å². The Hall–Kier alpha value is -6.96. The monoisotopic (exact) mass is 672 g/mol. The highest BCUT2D eigenvalue weighted by Crippen LogP contribution is 2.46. The minimum Gasteiger partial charge on any atom is -0.456 e. The van der Waals surface area contributed by atoms with Gasteiger partial charge in [0.15, 0.2) is 0 Å². The molecule has 0 saturated carbocycles. The Morgan fingerprint density at radius 1 is 0.245 bits per heavy atom. The van der Waals surface area contributed by atoms with Crippen molar-refractivity contribution in [2.24, 2.45) is 0 Å². The molecule has 0 atom stereocenters. The van der Waals surface area contributed by atoms with Crippen LogP contribution in [0, 0.1) is 0 Å². The second-order valence-corrected chi connectivity index (χ2v) is 14.0. The molecule has 1 nitrogen and oxygen atoms in total. The molecule has 1 aromatic heterocycles. The smallest absolute Gasteiger partial charge is 0.135 e. The summed E-state index contributed by atoms with van der Waals surface area (Å²) in [7, 11) is 0. The highest BCUT2D eigenvalue weighted by molar-refractivity contribution is 6.22. The van der Waals surface area contributed by atoms with E-state index >= 15 is 0 Å². The highest BCUT2D eigenvalue weighted by atomic mass is 16.3. The van der Waals surface area contributed by atoms with Gasteiger partial charge < -0.3 is 4.42 Å². The number of hydrogen-bond acceptors (Lipinski definition) is 1. The van der Waals surface area contributed by atoms with Crippen LogP contribution in [-0.4, -0.2) is 0 Å². The van der Waals surface area contributed by atoms with Crippen molar-refractivity contribution >= 4 is 65.0 Å². The third kappa shape index (κ3) is 4.79. The normalized spacial score (nSPS) is 11.8. The van der Waals surface area contributed by atoms with Gasteiger partial charge in [-0.1, -0.05) is 152 Å². The van der Waals surface area contributed by atoms with Crippen molar-refractivity contribution in [3.05, 3.63) is 194 Å². The van der Waals surface area contributed by atoms with Gasteiger partial charge in [0.2, 0.25) is 0 Å². The fraction of sp³-hybridized carbons (Fsp3) is 0. The van der Waals surface area contributed by atoms with Crippen molar-refractivity contribution in [1.29, 1.82) is 0 Å². The molecule has 0 unspecified atom stereocenters. The molecule has 0 aliphatic heterocycles. The van der Waals surface area contributed by atoms with Gasteiger partial charge in [0.05, 0.1) is 0 Å². The van der Waals surface area contributed by atoms with Gasteiger partial charge >= 0.3 is 0 Å². The topological polar surface area (TPSA) is 13.1 Å². The molecule has 0 spiro atoms. The average Bonchev–Trinajstić information content (AvgIpc) is 3.60. The van der Waals surface area contributed by atoms with Crippen LogP contribution in [0.25, 0.3) is 110 Å². The molecule has 0 bridgehead atoms. The molecule has 53 heavy (non-hydrogen) atoms. The van der Waals surface area contributed by atoms with Crippen molar-refractivity contribution in [2.75, 3.05) is 0 Å². The summed E-state index contributed by atoms with van der Waals surface area (Å²) >= 11 is 0. The second-order valence-electron chi connectivity index (χ2n) is 14.0. The van der Waals surface area contributed by atoms with Crippen molar-refractivity contribution in [3.63, 3.8) is 0 Å². The van der Waals surface area contributed by atoms with Crippen LogP contribution in [0.1, 0.15) is 0 Å².